The van der Waals surface area contributed by atoms with Crippen molar-refractivity contribution < 1.29 is 9.53 Å². The number of hydrogen-bond donors (Lipinski definition) is 0. The van der Waals surface area contributed by atoms with Gasteiger partial charge in [-0.25, -0.2) is 4.79 Å². The Bertz CT molecular complexity index is 713. The van der Waals surface area contributed by atoms with Crippen LogP contribution in [0.3, 0.4) is 0 Å². The van der Waals surface area contributed by atoms with E-state index in [4.69, 9.17) is 4.74 Å². The van der Waals surface area contributed by atoms with Crippen LogP contribution >= 0.6 is 27.3 Å². The summed E-state index contributed by atoms with van der Waals surface area (Å²) in [6.45, 7) is 6.55. The summed E-state index contributed by atoms with van der Waals surface area (Å²) >= 11 is 5.07. The largest absolute Gasteiger partial charge is 0.437 e. The quantitative estimate of drug-likeness (QED) is 0.580. The Hall–Kier alpha value is -1.59. The summed E-state index contributed by atoms with van der Waals surface area (Å²) < 4.78 is 6.98. The van der Waals surface area contributed by atoms with E-state index in [1.54, 1.807) is 16.2 Å². The van der Waals surface area contributed by atoms with Crippen LogP contribution < -0.4 is 0 Å². The predicted molar refractivity (Wildman–Crippen MR) is 101 cm³/mol. The molecule has 0 aliphatic carbocycles. The third kappa shape index (κ3) is 3.28. The first-order chi connectivity index (χ1) is 11.6. The number of ether oxygens (including phenoxy) is 1. The van der Waals surface area contributed by atoms with Gasteiger partial charge in [-0.3, -0.25) is 0 Å². The van der Waals surface area contributed by atoms with Gasteiger partial charge in [0.15, 0.2) is 5.60 Å². The second kappa shape index (κ2) is 7.11. The van der Waals surface area contributed by atoms with Gasteiger partial charge in [0, 0.05) is 28.7 Å². The molecule has 0 radical (unpaired) electrons. The fourth-order valence-corrected chi connectivity index (χ4v) is 4.30. The fourth-order valence-electron chi connectivity index (χ4n) is 3.13. The van der Waals surface area contributed by atoms with Gasteiger partial charge in [0.05, 0.1) is 6.04 Å². The monoisotopic (exact) mass is 405 g/mol. The van der Waals surface area contributed by atoms with Gasteiger partial charge < -0.3 is 9.64 Å². The van der Waals surface area contributed by atoms with Crippen LogP contribution in [-0.4, -0.2) is 17.5 Å². The first-order valence-corrected chi connectivity index (χ1v) is 9.63. The van der Waals surface area contributed by atoms with E-state index in [-0.39, 0.29) is 12.1 Å². The summed E-state index contributed by atoms with van der Waals surface area (Å²) in [6.07, 6.45) is 2.99. The number of benzene rings is 1. The summed E-state index contributed by atoms with van der Waals surface area (Å²) in [7, 11) is 0. The normalized spacial score (nSPS) is 22.1. The summed E-state index contributed by atoms with van der Waals surface area (Å²) in [4.78, 5) is 15.6. The molecule has 1 fully saturated rings. The number of rotatable bonds is 5. The Balaban J connectivity index is 1.80. The maximum Gasteiger partial charge on any atom is 0.411 e. The maximum atomic E-state index is 12.7. The molecule has 24 heavy (non-hydrogen) atoms. The van der Waals surface area contributed by atoms with Crippen LogP contribution in [0.1, 0.15) is 36.2 Å². The zero-order valence-electron chi connectivity index (χ0n) is 13.6. The lowest BCUT2D eigenvalue weighted by Crippen LogP contribution is -2.48. The average molecular weight is 406 g/mol. The molecular formula is C19H20BrNO2S. The van der Waals surface area contributed by atoms with Gasteiger partial charge in [0.2, 0.25) is 0 Å². The van der Waals surface area contributed by atoms with Crippen LogP contribution in [0, 0.1) is 0 Å². The molecule has 1 aromatic heterocycles. The smallest absolute Gasteiger partial charge is 0.411 e. The van der Waals surface area contributed by atoms with Crippen LogP contribution in [0.25, 0.3) is 0 Å². The lowest BCUT2D eigenvalue weighted by Gasteiger charge is -2.42. The van der Waals surface area contributed by atoms with Crippen molar-refractivity contribution in [1.29, 1.82) is 0 Å². The third-order valence-electron chi connectivity index (χ3n) is 4.54. The van der Waals surface area contributed by atoms with Crippen molar-refractivity contribution in [3.05, 3.63) is 69.3 Å². The molecule has 1 saturated heterocycles. The minimum absolute atomic E-state index is 0.0179. The van der Waals surface area contributed by atoms with Gasteiger partial charge >= 0.3 is 6.09 Å². The summed E-state index contributed by atoms with van der Waals surface area (Å²) in [5.74, 6) is 0. The van der Waals surface area contributed by atoms with Gasteiger partial charge in [0.1, 0.15) is 0 Å². The molecule has 1 amide bonds. The van der Waals surface area contributed by atoms with Gasteiger partial charge in [-0.1, -0.05) is 40.2 Å². The van der Waals surface area contributed by atoms with E-state index >= 15 is 0 Å². The molecule has 3 rings (SSSR count). The number of nitrogens with zero attached hydrogens (tertiary/aromatic N) is 1. The maximum absolute atomic E-state index is 12.7. The molecule has 1 unspecified atom stereocenters. The number of amides is 1. The first kappa shape index (κ1) is 17.2. The molecule has 0 N–H and O–H groups in total. The molecule has 0 saturated carbocycles. The van der Waals surface area contributed by atoms with E-state index in [2.05, 4.69) is 22.5 Å². The second-order valence-electron chi connectivity index (χ2n) is 6.00. The number of carbonyl (C=O) groups is 1. The number of halogens is 1. The average Bonchev–Trinajstić information content (AvgIpc) is 3.10. The zero-order valence-corrected chi connectivity index (χ0v) is 16.0. The number of cyclic esters (lactones) is 1. The molecular weight excluding hydrogens is 386 g/mol. The molecule has 126 valence electrons. The van der Waals surface area contributed by atoms with E-state index in [1.807, 2.05) is 54.8 Å². The molecule has 2 aromatic rings. The molecule has 0 spiro atoms. The van der Waals surface area contributed by atoms with E-state index in [0.29, 0.717) is 13.0 Å². The van der Waals surface area contributed by atoms with Crippen molar-refractivity contribution in [2.24, 2.45) is 0 Å². The molecule has 1 aromatic carbocycles. The Morgan fingerprint density at radius 3 is 2.75 bits per heavy atom. The van der Waals surface area contributed by atoms with Gasteiger partial charge in [0.25, 0.3) is 0 Å². The van der Waals surface area contributed by atoms with Crippen molar-refractivity contribution in [2.75, 3.05) is 6.54 Å². The number of hydrogen-bond acceptors (Lipinski definition) is 3. The van der Waals surface area contributed by atoms with Crippen LogP contribution in [-0.2, 0) is 10.3 Å². The first-order valence-electron chi connectivity index (χ1n) is 7.96. The zero-order chi connectivity index (χ0) is 17.2. The Morgan fingerprint density at radius 1 is 1.42 bits per heavy atom. The van der Waals surface area contributed by atoms with E-state index in [9.17, 15) is 4.79 Å². The summed E-state index contributed by atoms with van der Waals surface area (Å²) in [6, 6.07) is 12.1. The molecule has 1 aliphatic rings. The van der Waals surface area contributed by atoms with Crippen molar-refractivity contribution in [2.45, 2.75) is 31.4 Å². The van der Waals surface area contributed by atoms with Crippen LogP contribution in [0.5, 0.6) is 0 Å². The highest BCUT2D eigenvalue weighted by Gasteiger charge is 2.43. The van der Waals surface area contributed by atoms with E-state index in [0.717, 1.165) is 21.3 Å². The van der Waals surface area contributed by atoms with Crippen molar-refractivity contribution in [1.82, 2.24) is 4.90 Å². The molecule has 2 atom stereocenters. The van der Waals surface area contributed by atoms with E-state index in [1.165, 1.54) is 0 Å². The topological polar surface area (TPSA) is 29.5 Å². The minimum Gasteiger partial charge on any atom is -0.437 e. The van der Waals surface area contributed by atoms with Crippen molar-refractivity contribution >= 4 is 33.4 Å². The third-order valence-corrected chi connectivity index (χ3v) is 6.12. The van der Waals surface area contributed by atoms with Gasteiger partial charge in [-0.15, -0.1) is 17.9 Å². The summed E-state index contributed by atoms with van der Waals surface area (Å²) in [5, 5.41) is 2.02. The standard InChI is InChI=1S/C19H20BrNO2S/c1-3-10-19(17-5-4-13-24-17)11-12-21(18(22)23-19)14(2)15-6-8-16(20)9-7-15/h3-9,13-14H,1,10-12H2,2H3/t14-,19?/m0/s1. The molecule has 1 aliphatic heterocycles. The number of carbonyl (C=O) groups excluding carboxylic acids is 1. The van der Waals surface area contributed by atoms with Gasteiger partial charge in [-0.2, -0.15) is 0 Å². The minimum atomic E-state index is -0.567. The molecule has 3 nitrogen and oxygen atoms in total. The van der Waals surface area contributed by atoms with Gasteiger partial charge in [-0.05, 0) is 36.1 Å². The Morgan fingerprint density at radius 2 is 2.17 bits per heavy atom. The number of thiophene rings is 1. The predicted octanol–water partition coefficient (Wildman–Crippen LogP) is 5.89. The highest BCUT2D eigenvalue weighted by molar-refractivity contribution is 9.10. The highest BCUT2D eigenvalue weighted by Crippen LogP contribution is 2.41. The van der Waals surface area contributed by atoms with E-state index < -0.39 is 5.60 Å². The molecule has 2 heterocycles. The van der Waals surface area contributed by atoms with Crippen LogP contribution in [0.4, 0.5) is 4.79 Å². The lowest BCUT2D eigenvalue weighted by molar-refractivity contribution is -0.0567. The van der Waals surface area contributed by atoms with Crippen LogP contribution in [0.2, 0.25) is 0 Å². The lowest BCUT2D eigenvalue weighted by atomic mass is 9.91. The second-order valence-corrected chi connectivity index (χ2v) is 7.87. The Labute approximate surface area is 155 Å². The van der Waals surface area contributed by atoms with Crippen molar-refractivity contribution in [3.63, 3.8) is 0 Å². The van der Waals surface area contributed by atoms with Crippen molar-refractivity contribution in [3.8, 4) is 0 Å². The summed E-state index contributed by atoms with van der Waals surface area (Å²) in [5.41, 5.74) is 0.533. The molecule has 5 heteroatoms. The Kier molecular flexibility index (Phi) is 5.11. The molecule has 0 bridgehead atoms. The SMILES string of the molecule is C=CCC1(c2cccs2)CCN([C@@H](C)c2ccc(Br)cc2)C(=O)O1. The highest BCUT2D eigenvalue weighted by atomic mass is 79.9. The fraction of sp³-hybridized carbons (Fsp3) is 0.316. The van der Waals surface area contributed by atoms with Crippen LogP contribution in [0.15, 0.2) is 58.9 Å².